The Morgan fingerprint density at radius 3 is 2.81 bits per heavy atom. The lowest BCUT2D eigenvalue weighted by Crippen LogP contribution is -2.35. The number of rotatable bonds is 3. The van der Waals surface area contributed by atoms with E-state index in [9.17, 15) is 0 Å². The molecule has 3 rings (SSSR count). The number of aryl methyl sites for hydroxylation is 1. The number of hydrogen-bond donors (Lipinski definition) is 1. The van der Waals surface area contributed by atoms with Gasteiger partial charge in [0.1, 0.15) is 10.1 Å². The van der Waals surface area contributed by atoms with Gasteiger partial charge in [-0.3, -0.25) is 4.31 Å². The monoisotopic (exact) mass is 367 g/mol. The molecule has 0 radical (unpaired) electrons. The summed E-state index contributed by atoms with van der Waals surface area (Å²) in [6.45, 7) is 4.18. The summed E-state index contributed by atoms with van der Waals surface area (Å²) in [4.78, 5) is 13.4. The van der Waals surface area contributed by atoms with Crippen LogP contribution in [0.5, 0.6) is 0 Å². The maximum absolute atomic E-state index is 4.60. The highest BCUT2D eigenvalue weighted by molar-refractivity contribution is 9.10. The second kappa shape index (κ2) is 6.46. The van der Waals surface area contributed by atoms with Crippen molar-refractivity contribution in [2.75, 3.05) is 24.7 Å². The van der Waals surface area contributed by atoms with E-state index in [1.165, 1.54) is 0 Å². The Hall–Kier alpha value is -0.920. The van der Waals surface area contributed by atoms with Crippen molar-refractivity contribution in [3.05, 3.63) is 22.6 Å². The molecule has 2 aromatic heterocycles. The van der Waals surface area contributed by atoms with Gasteiger partial charge >= 0.3 is 0 Å². The van der Waals surface area contributed by atoms with Crippen molar-refractivity contribution < 1.29 is 0 Å². The molecule has 0 aliphatic carbocycles. The highest BCUT2D eigenvalue weighted by Crippen LogP contribution is 2.23. The molecular weight excluding hydrogens is 350 g/mol. The van der Waals surface area contributed by atoms with Gasteiger partial charge in [-0.05, 0) is 48.0 Å². The number of hydrogen-bond acceptors (Lipinski definition) is 6. The van der Waals surface area contributed by atoms with Crippen molar-refractivity contribution >= 4 is 44.7 Å². The number of anilines is 1. The number of aromatic nitrogens is 3. The third-order valence-electron chi connectivity index (χ3n) is 3.70. The van der Waals surface area contributed by atoms with E-state index in [1.807, 2.05) is 31.1 Å². The van der Waals surface area contributed by atoms with E-state index in [0.717, 1.165) is 47.1 Å². The first-order valence-corrected chi connectivity index (χ1v) is 8.98. The van der Waals surface area contributed by atoms with Crippen LogP contribution in [0.1, 0.15) is 18.5 Å². The number of fused-ring (bicyclic) bond motifs is 1. The molecule has 0 aromatic carbocycles. The van der Waals surface area contributed by atoms with Crippen LogP contribution in [0.4, 0.5) is 5.95 Å². The zero-order valence-electron chi connectivity index (χ0n) is 12.1. The Kier molecular flexibility index (Phi) is 4.61. The topological polar surface area (TPSA) is 53.9 Å². The van der Waals surface area contributed by atoms with Gasteiger partial charge in [0.25, 0.3) is 0 Å². The summed E-state index contributed by atoms with van der Waals surface area (Å²) in [5, 5.41) is 4.46. The number of pyridine rings is 1. The molecular formula is C14H18BrN5S. The molecule has 112 valence electrons. The molecule has 5 nitrogen and oxygen atoms in total. The number of nitrogens with zero attached hydrogens (tertiary/aromatic N) is 4. The van der Waals surface area contributed by atoms with Crippen molar-refractivity contribution in [2.24, 2.45) is 0 Å². The molecule has 0 bridgehead atoms. The Balaban J connectivity index is 1.76. The summed E-state index contributed by atoms with van der Waals surface area (Å²) in [5.74, 6) is 0.691. The summed E-state index contributed by atoms with van der Waals surface area (Å²) in [5.41, 5.74) is 1.82. The Morgan fingerprint density at radius 2 is 2.10 bits per heavy atom. The fraction of sp³-hybridized carbons (Fsp3) is 0.500. The first-order chi connectivity index (χ1) is 10.2. The second-order valence-electron chi connectivity index (χ2n) is 5.22. The van der Waals surface area contributed by atoms with Crippen LogP contribution in [0.2, 0.25) is 0 Å². The molecule has 2 aromatic rings. The third kappa shape index (κ3) is 3.46. The summed E-state index contributed by atoms with van der Waals surface area (Å²) < 4.78 is 3.17. The molecule has 0 amide bonds. The largest absolute Gasteiger partial charge is 0.351 e. The quantitative estimate of drug-likeness (QED) is 0.663. The minimum absolute atomic E-state index is 0.447. The van der Waals surface area contributed by atoms with Gasteiger partial charge < -0.3 is 5.32 Å². The molecule has 1 aliphatic rings. The molecule has 1 aliphatic heterocycles. The Labute approximate surface area is 137 Å². The van der Waals surface area contributed by atoms with Crippen LogP contribution in [-0.4, -0.2) is 44.6 Å². The molecule has 0 saturated carbocycles. The smallest absolute Gasteiger partial charge is 0.223 e. The summed E-state index contributed by atoms with van der Waals surface area (Å²) >= 11 is 5.30. The third-order valence-corrected chi connectivity index (χ3v) is 5.13. The van der Waals surface area contributed by atoms with E-state index in [-0.39, 0.29) is 0 Å². The number of piperidine rings is 1. The fourth-order valence-electron chi connectivity index (χ4n) is 2.56. The van der Waals surface area contributed by atoms with Crippen LogP contribution in [0.3, 0.4) is 0 Å². The van der Waals surface area contributed by atoms with Crippen molar-refractivity contribution in [1.29, 1.82) is 0 Å². The fourth-order valence-corrected chi connectivity index (χ4v) is 3.74. The standard InChI is InChI=1S/C14H18BrN5S/c1-9-7-10-8-16-14(19-12(10)13(15)17-9)18-11-3-5-20(21-2)6-4-11/h7-8,11H,3-6H2,1-2H3,(H,16,18,19). The van der Waals surface area contributed by atoms with E-state index in [4.69, 9.17) is 0 Å². The molecule has 7 heteroatoms. The lowest BCUT2D eigenvalue weighted by molar-refractivity contribution is 0.358. The summed E-state index contributed by atoms with van der Waals surface area (Å²) in [7, 11) is 0. The van der Waals surface area contributed by atoms with Crippen LogP contribution >= 0.6 is 27.9 Å². The first-order valence-electron chi connectivity index (χ1n) is 7.01. The van der Waals surface area contributed by atoms with Gasteiger partial charge in [0.05, 0.1) is 0 Å². The maximum atomic E-state index is 4.60. The highest BCUT2D eigenvalue weighted by atomic mass is 79.9. The van der Waals surface area contributed by atoms with Crippen molar-refractivity contribution in [2.45, 2.75) is 25.8 Å². The van der Waals surface area contributed by atoms with Crippen LogP contribution in [0.25, 0.3) is 10.9 Å². The van der Waals surface area contributed by atoms with E-state index >= 15 is 0 Å². The van der Waals surface area contributed by atoms with Crippen LogP contribution in [0, 0.1) is 6.92 Å². The van der Waals surface area contributed by atoms with Gasteiger partial charge in [-0.2, -0.15) is 0 Å². The Bertz CT molecular complexity index is 643. The lowest BCUT2D eigenvalue weighted by Gasteiger charge is -2.30. The molecule has 0 spiro atoms. The van der Waals surface area contributed by atoms with Gasteiger partial charge in [0, 0.05) is 36.4 Å². The molecule has 1 saturated heterocycles. The Morgan fingerprint density at radius 1 is 1.33 bits per heavy atom. The molecule has 0 unspecified atom stereocenters. The number of halogens is 1. The van der Waals surface area contributed by atoms with Crippen molar-refractivity contribution in [3.63, 3.8) is 0 Å². The summed E-state index contributed by atoms with van der Waals surface area (Å²) in [6.07, 6.45) is 6.24. The average molecular weight is 368 g/mol. The van der Waals surface area contributed by atoms with Crippen molar-refractivity contribution in [3.8, 4) is 0 Å². The molecule has 1 fully saturated rings. The summed E-state index contributed by atoms with van der Waals surface area (Å²) in [6, 6.07) is 2.45. The lowest BCUT2D eigenvalue weighted by atomic mass is 10.1. The van der Waals surface area contributed by atoms with E-state index in [1.54, 1.807) is 0 Å². The molecule has 1 N–H and O–H groups in total. The van der Waals surface area contributed by atoms with Gasteiger partial charge in [0.2, 0.25) is 5.95 Å². The van der Waals surface area contributed by atoms with Gasteiger partial charge in [-0.25, -0.2) is 15.0 Å². The molecule has 0 atom stereocenters. The first kappa shape index (κ1) is 15.0. The van der Waals surface area contributed by atoms with Crippen LogP contribution in [-0.2, 0) is 0 Å². The van der Waals surface area contributed by atoms with Crippen LogP contribution < -0.4 is 5.32 Å². The van der Waals surface area contributed by atoms with E-state index in [2.05, 4.69) is 46.8 Å². The molecule has 3 heterocycles. The number of nitrogens with one attached hydrogen (secondary N) is 1. The zero-order chi connectivity index (χ0) is 14.8. The zero-order valence-corrected chi connectivity index (χ0v) is 14.5. The van der Waals surface area contributed by atoms with E-state index in [0.29, 0.717) is 12.0 Å². The van der Waals surface area contributed by atoms with Gasteiger partial charge in [0.15, 0.2) is 0 Å². The van der Waals surface area contributed by atoms with E-state index < -0.39 is 0 Å². The van der Waals surface area contributed by atoms with Gasteiger partial charge in [-0.15, -0.1) is 0 Å². The highest BCUT2D eigenvalue weighted by Gasteiger charge is 2.19. The normalized spacial score (nSPS) is 17.3. The SMILES string of the molecule is CSN1CCC(Nc2ncc3cc(C)nc(Br)c3n2)CC1. The minimum atomic E-state index is 0.447. The minimum Gasteiger partial charge on any atom is -0.351 e. The second-order valence-corrected chi connectivity index (χ2v) is 6.85. The van der Waals surface area contributed by atoms with Crippen molar-refractivity contribution in [1.82, 2.24) is 19.3 Å². The van der Waals surface area contributed by atoms with Crippen LogP contribution in [0.15, 0.2) is 16.9 Å². The maximum Gasteiger partial charge on any atom is 0.223 e. The predicted octanol–water partition coefficient (Wildman–Crippen LogP) is 3.25. The van der Waals surface area contributed by atoms with Gasteiger partial charge in [-0.1, -0.05) is 11.9 Å². The predicted molar refractivity (Wildman–Crippen MR) is 91.5 cm³/mol. The average Bonchev–Trinajstić information content (AvgIpc) is 2.48. The molecule has 21 heavy (non-hydrogen) atoms.